The minimum atomic E-state index is -0.0929. The van der Waals surface area contributed by atoms with Crippen LogP contribution < -0.4 is 0 Å². The Balaban J connectivity index is 2.52. The summed E-state index contributed by atoms with van der Waals surface area (Å²) in [5.74, 6) is 0. The summed E-state index contributed by atoms with van der Waals surface area (Å²) in [5, 5.41) is 0. The monoisotopic (exact) mass is 159 g/mol. The topological polar surface area (TPSA) is 6.25 Å². The Morgan fingerprint density at radius 3 is 2.18 bits per heavy atom. The predicted molar refractivity (Wildman–Crippen MR) is 43.6 cm³/mol. The summed E-state index contributed by atoms with van der Waals surface area (Å²) < 4.78 is 14.7. The molecule has 0 aromatic heterocycles. The number of halogens is 1. The molecule has 2 nitrogen and oxygen atoms in total. The zero-order valence-corrected chi connectivity index (χ0v) is 7.31. The Morgan fingerprint density at radius 2 is 1.73 bits per heavy atom. The Hall–Kier alpha value is -0.600. The first kappa shape index (κ1) is 8.50. The maximum Gasteiger partial charge on any atom is 0.435 e. The molecule has 0 amide bonds. The summed E-state index contributed by atoms with van der Waals surface area (Å²) in [7, 11) is 3.48. The van der Waals surface area contributed by atoms with Crippen molar-refractivity contribution in [3.05, 3.63) is 0 Å². The van der Waals surface area contributed by atoms with Crippen LogP contribution in [0.4, 0.5) is 4.39 Å². The van der Waals surface area contributed by atoms with Crippen LogP contribution in [0, 0.1) is 0 Å². The van der Waals surface area contributed by atoms with Gasteiger partial charge in [0.25, 0.3) is 0 Å². The molecule has 0 bridgehead atoms. The molecule has 64 valence electrons. The smallest absolute Gasteiger partial charge is 0.241 e. The Morgan fingerprint density at radius 1 is 1.18 bits per heavy atom. The molecule has 1 saturated heterocycles. The fraction of sp³-hybridized carbons (Fsp3) is 0.875. The molecule has 1 fully saturated rings. The number of hydrogen-bond donors (Lipinski definition) is 0. The maximum absolute atomic E-state index is 13.2. The number of amidine groups is 1. The number of nitrogens with zero attached hydrogens (tertiary/aromatic N) is 2. The van der Waals surface area contributed by atoms with E-state index in [2.05, 4.69) is 0 Å². The molecule has 0 radical (unpaired) electrons. The van der Waals surface area contributed by atoms with E-state index in [1.165, 1.54) is 11.0 Å². The number of hydrogen-bond acceptors (Lipinski definition) is 0. The quantitative estimate of drug-likeness (QED) is 0.222. The second-order valence-corrected chi connectivity index (χ2v) is 3.21. The largest absolute Gasteiger partial charge is 0.435 e. The first-order valence-corrected chi connectivity index (χ1v) is 4.16. The fourth-order valence-electron chi connectivity index (χ4n) is 1.36. The summed E-state index contributed by atoms with van der Waals surface area (Å²) in [6, 6.07) is 0. The van der Waals surface area contributed by atoms with Crippen molar-refractivity contribution in [1.82, 2.24) is 4.90 Å². The molecule has 3 heteroatoms. The standard InChI is InChI=1S/C8H16FN2/c1-10(2)8(9)11-6-4-3-5-7-11/h3-7H2,1-2H3/q+1. The van der Waals surface area contributed by atoms with Crippen LogP contribution in [-0.4, -0.2) is 42.7 Å². The van der Waals surface area contributed by atoms with Gasteiger partial charge in [-0.05, 0) is 19.3 Å². The van der Waals surface area contributed by atoms with E-state index in [1.807, 2.05) is 4.90 Å². The molecule has 0 saturated carbocycles. The van der Waals surface area contributed by atoms with Crippen molar-refractivity contribution in [2.24, 2.45) is 0 Å². The van der Waals surface area contributed by atoms with E-state index in [0.29, 0.717) is 0 Å². The van der Waals surface area contributed by atoms with Gasteiger partial charge < -0.3 is 0 Å². The van der Waals surface area contributed by atoms with Crippen molar-refractivity contribution in [2.75, 3.05) is 27.2 Å². The van der Waals surface area contributed by atoms with Crippen LogP contribution in [0.25, 0.3) is 0 Å². The fourth-order valence-corrected chi connectivity index (χ4v) is 1.36. The van der Waals surface area contributed by atoms with Crippen LogP contribution in [0.5, 0.6) is 0 Å². The molecule has 11 heavy (non-hydrogen) atoms. The molecule has 1 heterocycles. The summed E-state index contributed by atoms with van der Waals surface area (Å²) in [4.78, 5) is 1.81. The molecule has 0 N–H and O–H groups in total. The number of likely N-dealkylation sites (tertiary alicyclic amines) is 1. The summed E-state index contributed by atoms with van der Waals surface area (Å²) in [6.45, 7) is 1.76. The summed E-state index contributed by atoms with van der Waals surface area (Å²) in [6.07, 6.45) is 3.41. The zero-order valence-electron chi connectivity index (χ0n) is 7.31. The SMILES string of the molecule is C[N+](C)=C(F)N1CCCCC1. The molecule has 0 aromatic carbocycles. The molecule has 0 aliphatic carbocycles. The lowest BCUT2D eigenvalue weighted by molar-refractivity contribution is -0.477. The van der Waals surface area contributed by atoms with Gasteiger partial charge in [-0.2, -0.15) is 0 Å². The second kappa shape index (κ2) is 3.69. The first-order chi connectivity index (χ1) is 5.22. The minimum Gasteiger partial charge on any atom is -0.241 e. The van der Waals surface area contributed by atoms with E-state index in [9.17, 15) is 4.39 Å². The van der Waals surface area contributed by atoms with E-state index < -0.39 is 0 Å². The average molecular weight is 159 g/mol. The van der Waals surface area contributed by atoms with Crippen molar-refractivity contribution < 1.29 is 8.97 Å². The van der Waals surface area contributed by atoms with E-state index >= 15 is 0 Å². The van der Waals surface area contributed by atoms with Crippen molar-refractivity contribution >= 4 is 6.09 Å². The molecule has 0 atom stereocenters. The maximum atomic E-state index is 13.2. The average Bonchev–Trinajstić information content (AvgIpc) is 2.05. The van der Waals surface area contributed by atoms with Crippen LogP contribution in [0.15, 0.2) is 0 Å². The number of rotatable bonds is 0. The third-order valence-corrected chi connectivity index (χ3v) is 1.99. The molecular formula is C8H16FN2+. The summed E-state index contributed by atoms with van der Waals surface area (Å²) in [5.41, 5.74) is 0. The van der Waals surface area contributed by atoms with Crippen LogP contribution in [0.2, 0.25) is 0 Å². The van der Waals surface area contributed by atoms with E-state index in [-0.39, 0.29) is 6.09 Å². The molecule has 1 aliphatic rings. The van der Waals surface area contributed by atoms with Gasteiger partial charge in [0.2, 0.25) is 0 Å². The Kier molecular flexibility index (Phi) is 2.85. The zero-order chi connectivity index (χ0) is 8.27. The van der Waals surface area contributed by atoms with Gasteiger partial charge in [-0.25, -0.2) is 9.48 Å². The van der Waals surface area contributed by atoms with Crippen LogP contribution in [-0.2, 0) is 0 Å². The van der Waals surface area contributed by atoms with Gasteiger partial charge in [-0.15, -0.1) is 4.39 Å². The normalized spacial score (nSPS) is 18.3. The van der Waals surface area contributed by atoms with E-state index in [4.69, 9.17) is 0 Å². The van der Waals surface area contributed by atoms with Crippen LogP contribution in [0.3, 0.4) is 0 Å². The second-order valence-electron chi connectivity index (χ2n) is 3.21. The van der Waals surface area contributed by atoms with Crippen molar-refractivity contribution in [3.8, 4) is 0 Å². The minimum absolute atomic E-state index is 0.0929. The van der Waals surface area contributed by atoms with Crippen molar-refractivity contribution in [3.63, 3.8) is 0 Å². The first-order valence-electron chi connectivity index (χ1n) is 4.16. The Bertz CT molecular complexity index is 155. The lowest BCUT2D eigenvalue weighted by Crippen LogP contribution is -2.37. The molecular weight excluding hydrogens is 143 g/mol. The highest BCUT2D eigenvalue weighted by atomic mass is 19.1. The van der Waals surface area contributed by atoms with Gasteiger partial charge >= 0.3 is 6.09 Å². The third kappa shape index (κ3) is 2.17. The van der Waals surface area contributed by atoms with Crippen molar-refractivity contribution in [1.29, 1.82) is 0 Å². The van der Waals surface area contributed by atoms with Crippen LogP contribution >= 0.6 is 0 Å². The lowest BCUT2D eigenvalue weighted by atomic mass is 10.1. The van der Waals surface area contributed by atoms with Gasteiger partial charge in [-0.3, -0.25) is 0 Å². The van der Waals surface area contributed by atoms with E-state index in [0.717, 1.165) is 25.9 Å². The molecule has 1 rings (SSSR count). The lowest BCUT2D eigenvalue weighted by Gasteiger charge is -2.19. The predicted octanol–water partition coefficient (Wildman–Crippen LogP) is 1.07. The number of piperidine rings is 1. The van der Waals surface area contributed by atoms with Gasteiger partial charge in [-0.1, -0.05) is 0 Å². The molecule has 1 aliphatic heterocycles. The van der Waals surface area contributed by atoms with Gasteiger partial charge in [0.15, 0.2) is 0 Å². The highest BCUT2D eigenvalue weighted by Gasteiger charge is 2.21. The highest BCUT2D eigenvalue weighted by molar-refractivity contribution is 5.66. The summed E-state index contributed by atoms with van der Waals surface area (Å²) >= 11 is 0. The molecule has 0 unspecified atom stereocenters. The van der Waals surface area contributed by atoms with Gasteiger partial charge in [0.1, 0.15) is 0 Å². The van der Waals surface area contributed by atoms with Gasteiger partial charge in [0.05, 0.1) is 27.2 Å². The van der Waals surface area contributed by atoms with Crippen molar-refractivity contribution in [2.45, 2.75) is 19.3 Å². The highest BCUT2D eigenvalue weighted by Crippen LogP contribution is 2.09. The van der Waals surface area contributed by atoms with Crippen LogP contribution in [0.1, 0.15) is 19.3 Å². The Labute approximate surface area is 67.3 Å². The third-order valence-electron chi connectivity index (χ3n) is 1.99. The molecule has 0 aromatic rings. The van der Waals surface area contributed by atoms with E-state index in [1.54, 1.807) is 14.1 Å². The van der Waals surface area contributed by atoms with Gasteiger partial charge in [0, 0.05) is 0 Å². The molecule has 0 spiro atoms.